The Bertz CT molecular complexity index is 1300. The second kappa shape index (κ2) is 11.0. The molecule has 1 atom stereocenters. The van der Waals surface area contributed by atoms with Crippen LogP contribution in [0.5, 0.6) is 0 Å². The van der Waals surface area contributed by atoms with Crippen molar-refractivity contribution in [3.8, 4) is 6.07 Å². The average Bonchev–Trinajstić information content (AvgIpc) is 3.16. The highest BCUT2D eigenvalue weighted by Gasteiger charge is 2.35. The molecule has 2 aliphatic heterocycles. The molecule has 1 aromatic carbocycles. The normalized spacial score (nSPS) is 18.7. The Kier molecular flexibility index (Phi) is 8.01. The smallest absolute Gasteiger partial charge is 0.270 e. The summed E-state index contributed by atoms with van der Waals surface area (Å²) in [6, 6.07) is 12.6. The Hall–Kier alpha value is -2.89. The van der Waals surface area contributed by atoms with Crippen LogP contribution in [0.3, 0.4) is 0 Å². The van der Waals surface area contributed by atoms with Crippen LogP contribution in [0.4, 0.5) is 5.82 Å². The lowest BCUT2D eigenvalue weighted by atomic mass is 9.90. The van der Waals surface area contributed by atoms with Crippen LogP contribution in [-0.4, -0.2) is 38.8 Å². The Balaban J connectivity index is 1.69. The highest BCUT2D eigenvalue weighted by molar-refractivity contribution is 8.26. The molecule has 8 heteroatoms. The minimum absolute atomic E-state index is 0.0161. The zero-order chi connectivity index (χ0) is 26.0. The first-order valence-corrected chi connectivity index (χ1v) is 13.7. The molecule has 36 heavy (non-hydrogen) atoms. The van der Waals surface area contributed by atoms with Crippen LogP contribution in [0.1, 0.15) is 55.4 Å². The van der Waals surface area contributed by atoms with Gasteiger partial charge in [-0.2, -0.15) is 5.26 Å². The van der Waals surface area contributed by atoms with Gasteiger partial charge in [-0.15, -0.1) is 0 Å². The molecule has 1 amide bonds. The first-order chi connectivity index (χ1) is 17.3. The fraction of sp³-hybridized carbons (Fsp3) is 0.429. The van der Waals surface area contributed by atoms with E-state index in [-0.39, 0.29) is 23.1 Å². The first kappa shape index (κ1) is 26.2. The number of thioether (sulfide) groups is 1. The standard InChI is InChI=1S/C28H32N4O2S2/c1-5-18(2)32-27(34)24(36-28(32)35)16-22-19(3)23(17-29)26(33)30(4)25(22)31-13-11-21(12-14-31)15-20-9-7-6-8-10-20/h6-10,16,18,21H,5,11-15H2,1-4H3. The zero-order valence-electron chi connectivity index (χ0n) is 21.3. The van der Waals surface area contributed by atoms with Gasteiger partial charge in [-0.25, -0.2) is 0 Å². The van der Waals surface area contributed by atoms with E-state index >= 15 is 0 Å². The van der Waals surface area contributed by atoms with Gasteiger partial charge in [-0.3, -0.25) is 19.1 Å². The maximum atomic E-state index is 13.2. The average molecular weight is 521 g/mol. The number of pyridine rings is 1. The third-order valence-corrected chi connectivity index (χ3v) is 8.71. The molecule has 4 rings (SSSR count). The number of piperidine rings is 1. The summed E-state index contributed by atoms with van der Waals surface area (Å²) in [5, 5.41) is 9.73. The number of benzene rings is 1. The van der Waals surface area contributed by atoms with Gasteiger partial charge >= 0.3 is 0 Å². The lowest BCUT2D eigenvalue weighted by Crippen LogP contribution is -2.39. The van der Waals surface area contributed by atoms with Gasteiger partial charge in [0.15, 0.2) is 0 Å². The van der Waals surface area contributed by atoms with Crippen molar-refractivity contribution in [3.05, 3.63) is 67.8 Å². The van der Waals surface area contributed by atoms with Crippen LogP contribution in [0, 0.1) is 24.2 Å². The van der Waals surface area contributed by atoms with Gasteiger partial charge < -0.3 is 4.90 Å². The topological polar surface area (TPSA) is 69.3 Å². The second-order valence-corrected chi connectivity index (χ2v) is 11.3. The molecule has 0 aliphatic carbocycles. The van der Waals surface area contributed by atoms with Crippen molar-refractivity contribution in [3.63, 3.8) is 0 Å². The van der Waals surface area contributed by atoms with Crippen molar-refractivity contribution >= 4 is 46.1 Å². The summed E-state index contributed by atoms with van der Waals surface area (Å²) in [5.41, 5.74) is 2.52. The summed E-state index contributed by atoms with van der Waals surface area (Å²) in [4.78, 5) is 30.7. The molecule has 2 aromatic rings. The highest BCUT2D eigenvalue weighted by Crippen LogP contribution is 2.37. The summed E-state index contributed by atoms with van der Waals surface area (Å²) < 4.78 is 2.12. The van der Waals surface area contributed by atoms with Crippen LogP contribution in [0.25, 0.3) is 6.08 Å². The summed E-state index contributed by atoms with van der Waals surface area (Å²) in [7, 11) is 1.72. The fourth-order valence-electron chi connectivity index (χ4n) is 5.06. The summed E-state index contributed by atoms with van der Waals surface area (Å²) in [5.74, 6) is 1.23. The predicted molar refractivity (Wildman–Crippen MR) is 151 cm³/mol. The SMILES string of the molecule is CCC(C)N1C(=O)C(=Cc2c(C)c(C#N)c(=O)n(C)c2N2CCC(Cc3ccccc3)CC2)SC1=S. The molecule has 1 unspecified atom stereocenters. The summed E-state index contributed by atoms with van der Waals surface area (Å²) in [6.07, 6.45) is 5.71. The number of carbonyl (C=O) groups excluding carboxylic acids is 1. The maximum Gasteiger partial charge on any atom is 0.270 e. The molecule has 188 valence electrons. The number of hydrogen-bond acceptors (Lipinski definition) is 6. The van der Waals surface area contributed by atoms with Crippen molar-refractivity contribution in [2.75, 3.05) is 18.0 Å². The quantitative estimate of drug-likeness (QED) is 0.393. The van der Waals surface area contributed by atoms with Gasteiger partial charge in [0.05, 0.1) is 4.91 Å². The minimum atomic E-state index is -0.305. The maximum absolute atomic E-state index is 13.2. The molecule has 0 bridgehead atoms. The van der Waals surface area contributed by atoms with Gasteiger partial charge in [0.1, 0.15) is 21.8 Å². The number of hydrogen-bond donors (Lipinski definition) is 0. The lowest BCUT2D eigenvalue weighted by Gasteiger charge is -2.36. The molecular formula is C28H32N4O2S2. The number of rotatable bonds is 6. The number of nitrogens with zero attached hydrogens (tertiary/aromatic N) is 4. The van der Waals surface area contributed by atoms with E-state index < -0.39 is 0 Å². The van der Waals surface area contributed by atoms with Crippen LogP contribution in [-0.2, 0) is 18.3 Å². The molecule has 2 aliphatic rings. The van der Waals surface area contributed by atoms with Gasteiger partial charge in [0.2, 0.25) is 0 Å². The van der Waals surface area contributed by atoms with E-state index in [1.165, 1.54) is 17.3 Å². The molecule has 6 nitrogen and oxygen atoms in total. The van der Waals surface area contributed by atoms with E-state index in [0.29, 0.717) is 20.7 Å². The lowest BCUT2D eigenvalue weighted by molar-refractivity contribution is -0.123. The molecule has 3 heterocycles. The fourth-order valence-corrected chi connectivity index (χ4v) is 6.51. The van der Waals surface area contributed by atoms with Crippen molar-refractivity contribution in [1.82, 2.24) is 9.47 Å². The van der Waals surface area contributed by atoms with Gasteiger partial charge in [0, 0.05) is 31.7 Å². The van der Waals surface area contributed by atoms with E-state index in [1.54, 1.807) is 23.4 Å². The third kappa shape index (κ3) is 5.00. The van der Waals surface area contributed by atoms with Crippen LogP contribution in [0.15, 0.2) is 40.0 Å². The van der Waals surface area contributed by atoms with Crippen LogP contribution < -0.4 is 10.5 Å². The predicted octanol–water partition coefficient (Wildman–Crippen LogP) is 5.02. The minimum Gasteiger partial charge on any atom is -0.357 e. The largest absolute Gasteiger partial charge is 0.357 e. The van der Waals surface area contributed by atoms with E-state index in [4.69, 9.17) is 12.2 Å². The third-order valence-electron chi connectivity index (χ3n) is 7.38. The zero-order valence-corrected chi connectivity index (χ0v) is 22.9. The summed E-state index contributed by atoms with van der Waals surface area (Å²) in [6.45, 7) is 7.44. The number of aromatic nitrogens is 1. The number of anilines is 1. The van der Waals surface area contributed by atoms with Crippen LogP contribution >= 0.6 is 24.0 Å². The molecule has 1 aromatic heterocycles. The van der Waals surface area contributed by atoms with E-state index in [9.17, 15) is 14.9 Å². The molecular weight excluding hydrogens is 488 g/mol. The van der Waals surface area contributed by atoms with E-state index in [2.05, 4.69) is 35.2 Å². The Morgan fingerprint density at radius 1 is 1.22 bits per heavy atom. The molecule has 0 radical (unpaired) electrons. The monoisotopic (exact) mass is 520 g/mol. The number of carbonyl (C=O) groups is 1. The molecule has 0 saturated carbocycles. The van der Waals surface area contributed by atoms with Gasteiger partial charge in [-0.05, 0) is 62.7 Å². The Labute approximate surface area is 222 Å². The molecule has 2 fully saturated rings. The Morgan fingerprint density at radius 2 is 1.89 bits per heavy atom. The molecule has 2 saturated heterocycles. The highest BCUT2D eigenvalue weighted by atomic mass is 32.2. The van der Waals surface area contributed by atoms with Crippen molar-refractivity contribution in [1.29, 1.82) is 5.26 Å². The van der Waals surface area contributed by atoms with Crippen molar-refractivity contribution in [2.45, 2.75) is 52.5 Å². The number of thiocarbonyl (C=S) groups is 1. The number of amides is 1. The van der Waals surface area contributed by atoms with Crippen LogP contribution in [0.2, 0.25) is 0 Å². The molecule has 0 spiro atoms. The van der Waals surface area contributed by atoms with Gasteiger partial charge in [0.25, 0.3) is 11.5 Å². The van der Waals surface area contributed by atoms with Crippen molar-refractivity contribution in [2.24, 2.45) is 13.0 Å². The second-order valence-electron chi connectivity index (χ2n) is 9.64. The Morgan fingerprint density at radius 3 is 2.50 bits per heavy atom. The summed E-state index contributed by atoms with van der Waals surface area (Å²) >= 11 is 6.80. The van der Waals surface area contributed by atoms with E-state index in [0.717, 1.165) is 50.2 Å². The first-order valence-electron chi connectivity index (χ1n) is 12.5. The van der Waals surface area contributed by atoms with Crippen molar-refractivity contribution < 1.29 is 4.79 Å². The van der Waals surface area contributed by atoms with E-state index in [1.807, 2.05) is 26.0 Å². The molecule has 0 N–H and O–H groups in total. The number of nitriles is 1. The van der Waals surface area contributed by atoms with Gasteiger partial charge in [-0.1, -0.05) is 61.2 Å².